The van der Waals surface area contributed by atoms with E-state index in [9.17, 15) is 4.79 Å². The summed E-state index contributed by atoms with van der Waals surface area (Å²) in [7, 11) is 0. The number of nitrogens with one attached hydrogen (secondary N) is 1. The van der Waals surface area contributed by atoms with Crippen molar-refractivity contribution < 1.29 is 9.32 Å². The Labute approximate surface area is 141 Å². The molecule has 0 unspecified atom stereocenters. The van der Waals surface area contributed by atoms with Crippen LogP contribution in [0, 0.1) is 0 Å². The van der Waals surface area contributed by atoms with Gasteiger partial charge >= 0.3 is 0 Å². The lowest BCUT2D eigenvalue weighted by Gasteiger charge is -2.36. The van der Waals surface area contributed by atoms with Crippen LogP contribution in [-0.2, 0) is 0 Å². The zero-order chi connectivity index (χ0) is 16.7. The molecule has 0 spiro atoms. The first kappa shape index (κ1) is 15.3. The molecule has 0 bridgehead atoms. The molecule has 2 atom stereocenters. The molecule has 1 aliphatic heterocycles. The Balaban J connectivity index is 1.49. The van der Waals surface area contributed by atoms with E-state index < -0.39 is 0 Å². The molecule has 1 aromatic carbocycles. The number of rotatable bonds is 3. The molecular formula is C18H22N4O2. The van der Waals surface area contributed by atoms with Crippen molar-refractivity contribution in [3.05, 3.63) is 35.7 Å². The van der Waals surface area contributed by atoms with Crippen molar-refractivity contribution in [3.63, 3.8) is 0 Å². The van der Waals surface area contributed by atoms with Crippen molar-refractivity contribution in [1.82, 2.24) is 20.4 Å². The van der Waals surface area contributed by atoms with Crippen molar-refractivity contribution in [2.45, 2.75) is 44.7 Å². The second-order valence-corrected chi connectivity index (χ2v) is 6.99. The number of benzene rings is 1. The van der Waals surface area contributed by atoms with Gasteiger partial charge in [-0.1, -0.05) is 5.16 Å². The number of nitrogens with zero attached hydrogens (tertiary/aromatic N) is 3. The Bertz CT molecular complexity index is 726. The number of carbonyl (C=O) groups is 1. The maximum absolute atomic E-state index is 12.7. The Hall–Kier alpha value is -2.21. The summed E-state index contributed by atoms with van der Waals surface area (Å²) < 4.78 is 5.33. The first-order valence-corrected chi connectivity index (χ1v) is 8.59. The molecule has 2 aromatic rings. The van der Waals surface area contributed by atoms with E-state index in [-0.39, 0.29) is 5.91 Å². The third-order valence-corrected chi connectivity index (χ3v) is 4.61. The number of aromatic nitrogens is 2. The summed E-state index contributed by atoms with van der Waals surface area (Å²) in [5.41, 5.74) is 1.55. The van der Waals surface area contributed by atoms with Gasteiger partial charge in [0.1, 0.15) is 0 Å². The van der Waals surface area contributed by atoms with Gasteiger partial charge in [-0.15, -0.1) is 0 Å². The fraction of sp³-hybridized carbons (Fsp3) is 0.500. The monoisotopic (exact) mass is 326 g/mol. The molecule has 126 valence electrons. The minimum atomic E-state index is 0.0750. The minimum Gasteiger partial charge on any atom is -0.336 e. The van der Waals surface area contributed by atoms with Crippen LogP contribution in [0.25, 0.3) is 11.5 Å². The Morgan fingerprint density at radius 3 is 2.46 bits per heavy atom. The average molecular weight is 326 g/mol. The van der Waals surface area contributed by atoms with Gasteiger partial charge in [0.05, 0.1) is 0 Å². The first-order chi connectivity index (χ1) is 11.6. The maximum Gasteiger partial charge on any atom is 0.257 e. The number of hydrogen-bond donors (Lipinski definition) is 1. The second-order valence-electron chi connectivity index (χ2n) is 6.99. The number of amides is 1. The largest absolute Gasteiger partial charge is 0.336 e. The van der Waals surface area contributed by atoms with Gasteiger partial charge in [-0.25, -0.2) is 0 Å². The molecule has 1 aliphatic carbocycles. The van der Waals surface area contributed by atoms with E-state index in [0.29, 0.717) is 29.5 Å². The normalized spacial score (nSPS) is 24.2. The van der Waals surface area contributed by atoms with Crippen molar-refractivity contribution in [2.24, 2.45) is 0 Å². The summed E-state index contributed by atoms with van der Waals surface area (Å²) in [6.45, 7) is 5.68. The van der Waals surface area contributed by atoms with Gasteiger partial charge in [0.2, 0.25) is 0 Å². The molecule has 6 nitrogen and oxygen atoms in total. The lowest BCUT2D eigenvalue weighted by Crippen LogP contribution is -2.55. The summed E-state index contributed by atoms with van der Waals surface area (Å²) in [4.78, 5) is 19.0. The van der Waals surface area contributed by atoms with Crippen molar-refractivity contribution >= 4 is 5.91 Å². The Morgan fingerprint density at radius 1 is 1.17 bits per heavy atom. The van der Waals surface area contributed by atoms with Crippen LogP contribution < -0.4 is 5.32 Å². The minimum absolute atomic E-state index is 0.0750. The van der Waals surface area contributed by atoms with Crippen LogP contribution in [0.2, 0.25) is 0 Å². The second kappa shape index (κ2) is 6.02. The van der Waals surface area contributed by atoms with Crippen molar-refractivity contribution in [2.75, 3.05) is 13.1 Å². The molecular weight excluding hydrogens is 304 g/mol. The summed E-state index contributed by atoms with van der Waals surface area (Å²) in [5.74, 6) is 1.88. The number of piperazine rings is 1. The van der Waals surface area contributed by atoms with Crippen LogP contribution in [-0.4, -0.2) is 46.1 Å². The van der Waals surface area contributed by atoms with Crippen molar-refractivity contribution in [3.8, 4) is 11.5 Å². The molecule has 2 aliphatic rings. The average Bonchev–Trinajstić information content (AvgIpc) is 3.31. The summed E-state index contributed by atoms with van der Waals surface area (Å²) >= 11 is 0. The predicted octanol–water partition coefficient (Wildman–Crippen LogP) is 2.44. The molecule has 2 heterocycles. The fourth-order valence-corrected chi connectivity index (χ4v) is 3.29. The van der Waals surface area contributed by atoms with Gasteiger partial charge in [0.15, 0.2) is 5.82 Å². The highest BCUT2D eigenvalue weighted by atomic mass is 16.5. The topological polar surface area (TPSA) is 71.3 Å². The Kier molecular flexibility index (Phi) is 3.84. The zero-order valence-electron chi connectivity index (χ0n) is 14.0. The van der Waals surface area contributed by atoms with E-state index in [0.717, 1.165) is 37.3 Å². The Morgan fingerprint density at radius 2 is 1.83 bits per heavy atom. The number of carbonyl (C=O) groups excluding carboxylic acids is 1. The van der Waals surface area contributed by atoms with Gasteiger partial charge in [-0.3, -0.25) is 4.79 Å². The molecule has 6 heteroatoms. The first-order valence-electron chi connectivity index (χ1n) is 8.59. The highest BCUT2D eigenvalue weighted by molar-refractivity contribution is 5.94. The van der Waals surface area contributed by atoms with Crippen LogP contribution in [0.5, 0.6) is 0 Å². The van der Waals surface area contributed by atoms with Crippen LogP contribution in [0.3, 0.4) is 0 Å². The highest BCUT2D eigenvalue weighted by Gasteiger charge is 2.29. The SMILES string of the molecule is C[C@@H]1CN(C(=O)c2ccc(-c3nc(C4CC4)no3)cc2)C[C@@H](C)N1. The predicted molar refractivity (Wildman–Crippen MR) is 89.7 cm³/mol. The fourth-order valence-electron chi connectivity index (χ4n) is 3.29. The van der Waals surface area contributed by atoms with Crippen LogP contribution in [0.4, 0.5) is 0 Å². The molecule has 1 saturated heterocycles. The van der Waals surface area contributed by atoms with Gasteiger partial charge in [0.25, 0.3) is 11.8 Å². The lowest BCUT2D eigenvalue weighted by molar-refractivity contribution is 0.0674. The highest BCUT2D eigenvalue weighted by Crippen LogP contribution is 2.38. The van der Waals surface area contributed by atoms with Gasteiger partial charge < -0.3 is 14.7 Å². The molecule has 1 amide bonds. The van der Waals surface area contributed by atoms with Crippen LogP contribution in [0.1, 0.15) is 48.8 Å². The van der Waals surface area contributed by atoms with E-state index in [4.69, 9.17) is 4.52 Å². The van der Waals surface area contributed by atoms with Crippen LogP contribution >= 0.6 is 0 Å². The molecule has 4 rings (SSSR count). The third kappa shape index (κ3) is 3.06. The summed E-state index contributed by atoms with van der Waals surface area (Å²) in [6, 6.07) is 8.08. The number of hydrogen-bond acceptors (Lipinski definition) is 5. The van der Waals surface area contributed by atoms with Gasteiger partial charge in [-0.2, -0.15) is 4.98 Å². The molecule has 2 fully saturated rings. The van der Waals surface area contributed by atoms with Crippen molar-refractivity contribution in [1.29, 1.82) is 0 Å². The third-order valence-electron chi connectivity index (χ3n) is 4.61. The molecule has 0 radical (unpaired) electrons. The molecule has 1 aromatic heterocycles. The van der Waals surface area contributed by atoms with Gasteiger partial charge in [-0.05, 0) is 51.0 Å². The van der Waals surface area contributed by atoms with E-state index in [1.807, 2.05) is 29.2 Å². The van der Waals surface area contributed by atoms with E-state index in [1.165, 1.54) is 0 Å². The lowest BCUT2D eigenvalue weighted by atomic mass is 10.1. The zero-order valence-corrected chi connectivity index (χ0v) is 14.0. The summed E-state index contributed by atoms with van der Waals surface area (Å²) in [6.07, 6.45) is 2.29. The van der Waals surface area contributed by atoms with Gasteiger partial charge in [0, 0.05) is 42.2 Å². The maximum atomic E-state index is 12.7. The van der Waals surface area contributed by atoms with E-state index in [2.05, 4.69) is 29.3 Å². The van der Waals surface area contributed by atoms with Crippen LogP contribution in [0.15, 0.2) is 28.8 Å². The molecule has 1 N–H and O–H groups in total. The molecule has 24 heavy (non-hydrogen) atoms. The summed E-state index contributed by atoms with van der Waals surface area (Å²) in [5, 5.41) is 7.48. The van der Waals surface area contributed by atoms with E-state index in [1.54, 1.807) is 0 Å². The standard InChI is InChI=1S/C18H22N4O2/c1-11-9-22(10-12(2)19-11)18(23)15-7-5-14(6-8-15)17-20-16(21-24-17)13-3-4-13/h5-8,11-13,19H,3-4,9-10H2,1-2H3/t11-,12-/m1/s1. The molecule has 1 saturated carbocycles. The quantitative estimate of drug-likeness (QED) is 0.938. The smallest absolute Gasteiger partial charge is 0.257 e. The van der Waals surface area contributed by atoms with E-state index >= 15 is 0 Å².